The molecule has 0 radical (unpaired) electrons. The number of aryl methyl sites for hydroxylation is 1. The van der Waals surface area contributed by atoms with Crippen molar-refractivity contribution in [3.8, 4) is 5.75 Å². The first-order chi connectivity index (χ1) is 9.38. The van der Waals surface area contributed by atoms with Crippen LogP contribution >= 0.6 is 10.7 Å². The van der Waals surface area contributed by atoms with Gasteiger partial charge in [0, 0.05) is 23.8 Å². The number of amides is 2. The molecule has 0 saturated carbocycles. The number of rotatable bonds is 5. The number of carbonyl (C=O) groups excluding carboxylic acids is 1. The van der Waals surface area contributed by atoms with Crippen molar-refractivity contribution in [2.45, 2.75) is 11.8 Å². The first kappa shape index (κ1) is 14.9. The third kappa shape index (κ3) is 3.55. The number of nitrogens with zero attached hydrogens (tertiary/aromatic N) is 1. The van der Waals surface area contributed by atoms with E-state index in [0.717, 1.165) is 5.56 Å². The van der Waals surface area contributed by atoms with Gasteiger partial charge in [-0.05, 0) is 24.6 Å². The smallest absolute Gasteiger partial charge is 0.317 e. The molecule has 0 spiro atoms. The lowest BCUT2D eigenvalue weighted by molar-refractivity contribution is 0.201. The Kier molecular flexibility index (Phi) is 4.39. The van der Waals surface area contributed by atoms with Crippen LogP contribution in [0.3, 0.4) is 0 Å². The van der Waals surface area contributed by atoms with Crippen molar-refractivity contribution < 1.29 is 17.9 Å². The summed E-state index contributed by atoms with van der Waals surface area (Å²) in [6.07, 6.45) is 0. The molecule has 0 bridgehead atoms. The SMILES string of the molecule is Cc1ccc(OCCN2CCNC2=O)c(S(=O)(=O)Cl)c1. The van der Waals surface area contributed by atoms with Crippen molar-refractivity contribution >= 4 is 25.8 Å². The molecular formula is C12H15ClN2O4S. The van der Waals surface area contributed by atoms with Crippen LogP contribution in [0, 0.1) is 6.92 Å². The van der Waals surface area contributed by atoms with E-state index < -0.39 is 9.05 Å². The van der Waals surface area contributed by atoms with E-state index in [0.29, 0.717) is 19.6 Å². The van der Waals surface area contributed by atoms with Crippen molar-refractivity contribution in [1.29, 1.82) is 0 Å². The summed E-state index contributed by atoms with van der Waals surface area (Å²) in [5.74, 6) is 0.199. The molecule has 1 aliphatic rings. The van der Waals surface area contributed by atoms with Crippen molar-refractivity contribution in [3.05, 3.63) is 23.8 Å². The number of hydrogen-bond acceptors (Lipinski definition) is 4. The van der Waals surface area contributed by atoms with Crippen molar-refractivity contribution in [2.24, 2.45) is 0 Å². The van der Waals surface area contributed by atoms with Crippen molar-refractivity contribution in [2.75, 3.05) is 26.2 Å². The maximum Gasteiger partial charge on any atom is 0.317 e. The normalized spacial score (nSPS) is 15.3. The largest absolute Gasteiger partial charge is 0.490 e. The summed E-state index contributed by atoms with van der Waals surface area (Å²) < 4.78 is 28.4. The number of nitrogens with one attached hydrogen (secondary N) is 1. The number of carbonyl (C=O) groups is 1. The molecule has 1 N–H and O–H groups in total. The molecule has 2 amide bonds. The van der Waals surface area contributed by atoms with E-state index in [-0.39, 0.29) is 23.3 Å². The van der Waals surface area contributed by atoms with Gasteiger partial charge in [0.2, 0.25) is 0 Å². The molecule has 6 nitrogen and oxygen atoms in total. The molecule has 1 saturated heterocycles. The summed E-state index contributed by atoms with van der Waals surface area (Å²) >= 11 is 0. The molecule has 1 heterocycles. The Hall–Kier alpha value is -1.47. The molecule has 0 aromatic heterocycles. The molecule has 110 valence electrons. The average molecular weight is 319 g/mol. The van der Waals surface area contributed by atoms with Crippen LogP contribution in [0.2, 0.25) is 0 Å². The third-order valence-electron chi connectivity index (χ3n) is 2.93. The van der Waals surface area contributed by atoms with Crippen LogP contribution in [-0.4, -0.2) is 45.6 Å². The summed E-state index contributed by atoms with van der Waals surface area (Å²) in [5.41, 5.74) is 0.774. The fourth-order valence-corrected chi connectivity index (χ4v) is 2.97. The highest BCUT2D eigenvalue weighted by molar-refractivity contribution is 8.13. The molecule has 1 aromatic carbocycles. The minimum atomic E-state index is -3.86. The summed E-state index contributed by atoms with van der Waals surface area (Å²) in [6, 6.07) is 4.63. The zero-order valence-electron chi connectivity index (χ0n) is 10.9. The zero-order valence-corrected chi connectivity index (χ0v) is 12.5. The zero-order chi connectivity index (χ0) is 14.8. The van der Waals surface area contributed by atoms with Crippen molar-refractivity contribution in [1.82, 2.24) is 10.2 Å². The quantitative estimate of drug-likeness (QED) is 0.831. The average Bonchev–Trinajstić information content (AvgIpc) is 2.76. The Morgan fingerprint density at radius 1 is 1.45 bits per heavy atom. The Morgan fingerprint density at radius 2 is 2.20 bits per heavy atom. The highest BCUT2D eigenvalue weighted by Gasteiger charge is 2.20. The van der Waals surface area contributed by atoms with Crippen LogP contribution in [0.15, 0.2) is 23.1 Å². The van der Waals surface area contributed by atoms with Gasteiger partial charge in [0.15, 0.2) is 0 Å². The topological polar surface area (TPSA) is 75.7 Å². The highest BCUT2D eigenvalue weighted by Crippen LogP contribution is 2.27. The van der Waals surface area contributed by atoms with Gasteiger partial charge in [-0.2, -0.15) is 0 Å². The molecule has 1 aromatic rings. The highest BCUT2D eigenvalue weighted by atomic mass is 35.7. The van der Waals surface area contributed by atoms with E-state index in [1.165, 1.54) is 6.07 Å². The van der Waals surface area contributed by atoms with Crippen LogP contribution in [0.4, 0.5) is 4.79 Å². The van der Waals surface area contributed by atoms with Crippen LogP contribution in [-0.2, 0) is 9.05 Å². The van der Waals surface area contributed by atoms with E-state index in [1.54, 1.807) is 24.0 Å². The lowest BCUT2D eigenvalue weighted by Crippen LogP contribution is -2.31. The minimum absolute atomic E-state index is 0.0509. The fourth-order valence-electron chi connectivity index (χ4n) is 1.92. The lowest BCUT2D eigenvalue weighted by Gasteiger charge is -2.15. The molecule has 2 rings (SSSR count). The molecule has 1 aliphatic heterocycles. The molecule has 0 aliphatic carbocycles. The van der Waals surface area contributed by atoms with Crippen LogP contribution in [0.25, 0.3) is 0 Å². The predicted molar refractivity (Wildman–Crippen MR) is 74.7 cm³/mol. The van der Waals surface area contributed by atoms with E-state index in [9.17, 15) is 13.2 Å². The van der Waals surface area contributed by atoms with E-state index in [2.05, 4.69) is 5.32 Å². The maximum atomic E-state index is 11.5. The number of hydrogen-bond donors (Lipinski definition) is 1. The van der Waals surface area contributed by atoms with Gasteiger partial charge in [-0.25, -0.2) is 13.2 Å². The predicted octanol–water partition coefficient (Wildman–Crippen LogP) is 1.33. The van der Waals surface area contributed by atoms with Crippen molar-refractivity contribution in [3.63, 3.8) is 0 Å². The van der Waals surface area contributed by atoms with Gasteiger partial charge in [-0.1, -0.05) is 6.07 Å². The second-order valence-electron chi connectivity index (χ2n) is 4.46. The molecular weight excluding hydrogens is 304 g/mol. The van der Waals surface area contributed by atoms with Gasteiger partial charge in [0.1, 0.15) is 17.3 Å². The van der Waals surface area contributed by atoms with Gasteiger partial charge in [-0.3, -0.25) is 0 Å². The maximum absolute atomic E-state index is 11.5. The second-order valence-corrected chi connectivity index (χ2v) is 6.99. The van der Waals surface area contributed by atoms with Gasteiger partial charge < -0.3 is 15.0 Å². The van der Waals surface area contributed by atoms with Crippen LogP contribution < -0.4 is 10.1 Å². The number of urea groups is 1. The van der Waals surface area contributed by atoms with Crippen LogP contribution in [0.5, 0.6) is 5.75 Å². The Bertz CT molecular complexity index is 618. The summed E-state index contributed by atoms with van der Waals surface area (Å²) in [6.45, 7) is 3.60. The minimum Gasteiger partial charge on any atom is -0.490 e. The Balaban J connectivity index is 2.04. The Morgan fingerprint density at radius 3 is 2.80 bits per heavy atom. The first-order valence-electron chi connectivity index (χ1n) is 6.09. The molecule has 8 heteroatoms. The van der Waals surface area contributed by atoms with Gasteiger partial charge in [0.25, 0.3) is 9.05 Å². The van der Waals surface area contributed by atoms with Crippen LogP contribution in [0.1, 0.15) is 5.56 Å². The number of ether oxygens (including phenoxy) is 1. The second kappa shape index (κ2) is 5.88. The van der Waals surface area contributed by atoms with E-state index in [4.69, 9.17) is 15.4 Å². The number of benzene rings is 1. The molecule has 20 heavy (non-hydrogen) atoms. The summed E-state index contributed by atoms with van der Waals surface area (Å²) in [7, 11) is 1.52. The van der Waals surface area contributed by atoms with Gasteiger partial charge in [-0.15, -0.1) is 0 Å². The molecule has 1 fully saturated rings. The fraction of sp³-hybridized carbons (Fsp3) is 0.417. The Labute approximate surface area is 122 Å². The van der Waals surface area contributed by atoms with Gasteiger partial charge >= 0.3 is 6.03 Å². The summed E-state index contributed by atoms with van der Waals surface area (Å²) in [5, 5.41) is 2.68. The monoisotopic (exact) mass is 318 g/mol. The standard InChI is InChI=1S/C12H15ClN2O4S/c1-9-2-3-10(11(8-9)20(13,17)18)19-7-6-15-5-4-14-12(15)16/h2-3,8H,4-7H2,1H3,(H,14,16). The molecule has 0 atom stereocenters. The third-order valence-corrected chi connectivity index (χ3v) is 4.27. The lowest BCUT2D eigenvalue weighted by atomic mass is 10.2. The first-order valence-corrected chi connectivity index (χ1v) is 8.40. The van der Waals surface area contributed by atoms with Gasteiger partial charge in [0.05, 0.1) is 6.54 Å². The molecule has 0 unspecified atom stereocenters. The van der Waals surface area contributed by atoms with E-state index >= 15 is 0 Å². The number of halogens is 1. The summed E-state index contributed by atoms with van der Waals surface area (Å²) in [4.78, 5) is 12.9. The van der Waals surface area contributed by atoms with E-state index in [1.807, 2.05) is 0 Å².